The van der Waals surface area contributed by atoms with Gasteiger partial charge in [-0.15, -0.1) is 0 Å². The van der Waals surface area contributed by atoms with E-state index in [1.54, 1.807) is 0 Å². The highest BCUT2D eigenvalue weighted by Crippen LogP contribution is 2.36. The van der Waals surface area contributed by atoms with E-state index in [1.807, 2.05) is 11.8 Å². The predicted molar refractivity (Wildman–Crippen MR) is 81.9 cm³/mol. The molecule has 2 aromatic carbocycles. The van der Waals surface area contributed by atoms with Crippen LogP contribution in [0.3, 0.4) is 0 Å². The van der Waals surface area contributed by atoms with Gasteiger partial charge in [0.1, 0.15) is 0 Å². The summed E-state index contributed by atoms with van der Waals surface area (Å²) in [6.07, 6.45) is 2.26. The molecule has 0 unspecified atom stereocenters. The molecule has 2 aromatic rings. The number of hydrogen-bond donors (Lipinski definition) is 0. The molecule has 1 nitrogen and oxygen atoms in total. The first-order chi connectivity index (χ1) is 9.24. The van der Waals surface area contributed by atoms with Gasteiger partial charge in [-0.3, -0.25) is 0 Å². The molecular weight excluding hydrogens is 250 g/mol. The van der Waals surface area contributed by atoms with Gasteiger partial charge < -0.3 is 4.90 Å². The summed E-state index contributed by atoms with van der Waals surface area (Å²) in [5, 5.41) is 0. The van der Waals surface area contributed by atoms with Crippen LogP contribution in [0.5, 0.6) is 0 Å². The lowest BCUT2D eigenvalue weighted by Gasteiger charge is -2.28. The van der Waals surface area contributed by atoms with Crippen molar-refractivity contribution in [1.82, 2.24) is 4.90 Å². The van der Waals surface area contributed by atoms with Crippen LogP contribution in [0, 0.1) is 0 Å². The van der Waals surface area contributed by atoms with Crippen molar-refractivity contribution in [1.29, 1.82) is 0 Å². The minimum absolute atomic E-state index is 0.572. The second kappa shape index (κ2) is 5.40. The quantitative estimate of drug-likeness (QED) is 0.773. The molecule has 1 heterocycles. The van der Waals surface area contributed by atoms with E-state index in [0.29, 0.717) is 6.04 Å². The van der Waals surface area contributed by atoms with E-state index in [9.17, 15) is 0 Å². The first kappa shape index (κ1) is 12.8. The molecule has 0 amide bonds. The SMILES string of the molecule is CN(C)C1Cc2ccccc2Sc2ccccc2C1. The first-order valence-electron chi connectivity index (χ1n) is 6.74. The van der Waals surface area contributed by atoms with E-state index in [-0.39, 0.29) is 0 Å². The average Bonchev–Trinajstić information content (AvgIpc) is 2.38. The highest BCUT2D eigenvalue weighted by molar-refractivity contribution is 7.99. The van der Waals surface area contributed by atoms with Crippen LogP contribution in [0.1, 0.15) is 11.1 Å². The zero-order chi connectivity index (χ0) is 13.2. The Labute approximate surface area is 119 Å². The lowest BCUT2D eigenvalue weighted by molar-refractivity contribution is 0.287. The number of likely N-dealkylation sites (N-methyl/N-ethyl adjacent to an activating group) is 1. The molecule has 0 saturated heterocycles. The van der Waals surface area contributed by atoms with Gasteiger partial charge in [-0.2, -0.15) is 0 Å². The van der Waals surface area contributed by atoms with Crippen molar-refractivity contribution in [2.45, 2.75) is 28.7 Å². The van der Waals surface area contributed by atoms with Gasteiger partial charge in [0.05, 0.1) is 0 Å². The summed E-state index contributed by atoms with van der Waals surface area (Å²) in [5.74, 6) is 0. The van der Waals surface area contributed by atoms with Gasteiger partial charge in [-0.05, 0) is 50.2 Å². The molecule has 19 heavy (non-hydrogen) atoms. The summed E-state index contributed by atoms with van der Waals surface area (Å²) in [6, 6.07) is 18.2. The maximum Gasteiger partial charge on any atom is 0.0171 e. The molecule has 98 valence electrons. The summed E-state index contributed by atoms with van der Waals surface area (Å²) in [7, 11) is 4.37. The Kier molecular flexibility index (Phi) is 3.63. The molecule has 0 spiro atoms. The molecule has 1 aliphatic rings. The van der Waals surface area contributed by atoms with Gasteiger partial charge in [-0.25, -0.2) is 0 Å². The van der Waals surface area contributed by atoms with E-state index in [1.165, 1.54) is 20.9 Å². The lowest BCUT2D eigenvalue weighted by Crippen LogP contribution is -2.33. The third-order valence-electron chi connectivity index (χ3n) is 3.81. The van der Waals surface area contributed by atoms with Crippen molar-refractivity contribution in [3.63, 3.8) is 0 Å². The summed E-state index contributed by atoms with van der Waals surface area (Å²) in [5.41, 5.74) is 2.95. The van der Waals surface area contributed by atoms with Crippen molar-refractivity contribution >= 4 is 11.8 Å². The van der Waals surface area contributed by atoms with Crippen molar-refractivity contribution < 1.29 is 0 Å². The van der Waals surface area contributed by atoms with Gasteiger partial charge in [-0.1, -0.05) is 48.2 Å². The van der Waals surface area contributed by atoms with Crippen LogP contribution in [0.15, 0.2) is 58.3 Å². The van der Waals surface area contributed by atoms with E-state index < -0.39 is 0 Å². The zero-order valence-corrected chi connectivity index (χ0v) is 12.3. The maximum atomic E-state index is 2.35. The van der Waals surface area contributed by atoms with Crippen LogP contribution in [-0.4, -0.2) is 25.0 Å². The monoisotopic (exact) mass is 269 g/mol. The minimum Gasteiger partial charge on any atom is -0.306 e. The second-order valence-corrected chi connectivity index (χ2v) is 6.43. The Bertz CT molecular complexity index is 529. The summed E-state index contributed by atoms with van der Waals surface area (Å²) >= 11 is 1.91. The van der Waals surface area contributed by atoms with Crippen LogP contribution in [0.2, 0.25) is 0 Å². The number of fused-ring (bicyclic) bond motifs is 2. The molecule has 0 N–H and O–H groups in total. The topological polar surface area (TPSA) is 3.24 Å². The molecule has 3 rings (SSSR count). The molecule has 0 atom stereocenters. The minimum atomic E-state index is 0.572. The number of rotatable bonds is 1. The number of hydrogen-bond acceptors (Lipinski definition) is 2. The Morgan fingerprint density at radius 1 is 0.842 bits per heavy atom. The predicted octanol–water partition coefficient (Wildman–Crippen LogP) is 3.87. The fraction of sp³-hybridized carbons (Fsp3) is 0.294. The largest absolute Gasteiger partial charge is 0.306 e. The molecule has 1 aliphatic heterocycles. The van der Waals surface area contributed by atoms with Gasteiger partial charge >= 0.3 is 0 Å². The first-order valence-corrected chi connectivity index (χ1v) is 7.56. The summed E-state index contributed by atoms with van der Waals surface area (Å²) in [6.45, 7) is 0. The summed E-state index contributed by atoms with van der Waals surface area (Å²) < 4.78 is 0. The Balaban J connectivity index is 2.07. The fourth-order valence-electron chi connectivity index (χ4n) is 2.61. The smallest absolute Gasteiger partial charge is 0.0171 e. The van der Waals surface area contributed by atoms with E-state index in [0.717, 1.165) is 12.8 Å². The maximum absolute atomic E-state index is 2.35. The van der Waals surface area contributed by atoms with Crippen LogP contribution in [0.4, 0.5) is 0 Å². The molecule has 0 aromatic heterocycles. The van der Waals surface area contributed by atoms with Crippen LogP contribution in [0.25, 0.3) is 0 Å². The molecular formula is C17H19NS. The Hall–Kier alpha value is -1.25. The molecule has 0 saturated carbocycles. The van der Waals surface area contributed by atoms with Crippen LogP contribution >= 0.6 is 11.8 Å². The molecule has 0 bridgehead atoms. The van der Waals surface area contributed by atoms with E-state index >= 15 is 0 Å². The highest BCUT2D eigenvalue weighted by atomic mass is 32.2. The average molecular weight is 269 g/mol. The zero-order valence-electron chi connectivity index (χ0n) is 11.5. The molecule has 0 fully saturated rings. The molecule has 0 aliphatic carbocycles. The lowest BCUT2D eigenvalue weighted by atomic mass is 9.98. The second-order valence-electron chi connectivity index (χ2n) is 5.34. The Morgan fingerprint density at radius 2 is 1.32 bits per heavy atom. The Morgan fingerprint density at radius 3 is 1.79 bits per heavy atom. The number of benzene rings is 2. The normalized spacial score (nSPS) is 15.5. The van der Waals surface area contributed by atoms with Crippen molar-refractivity contribution in [2.75, 3.05) is 14.1 Å². The highest BCUT2D eigenvalue weighted by Gasteiger charge is 2.20. The third-order valence-corrected chi connectivity index (χ3v) is 5.04. The van der Waals surface area contributed by atoms with Gasteiger partial charge in [0.2, 0.25) is 0 Å². The summed E-state index contributed by atoms with van der Waals surface area (Å²) in [4.78, 5) is 5.16. The van der Waals surface area contributed by atoms with Crippen molar-refractivity contribution in [3.8, 4) is 0 Å². The van der Waals surface area contributed by atoms with Crippen molar-refractivity contribution in [3.05, 3.63) is 59.7 Å². The molecule has 2 heteroatoms. The van der Waals surface area contributed by atoms with E-state index in [4.69, 9.17) is 0 Å². The van der Waals surface area contributed by atoms with Crippen molar-refractivity contribution in [2.24, 2.45) is 0 Å². The van der Waals surface area contributed by atoms with Gasteiger partial charge in [0, 0.05) is 15.8 Å². The standard InChI is InChI=1S/C17H19NS/c1-18(2)15-11-13-7-3-5-9-16(13)19-17-10-6-4-8-14(17)12-15/h3-10,15H,11-12H2,1-2H3. The van der Waals surface area contributed by atoms with Crippen LogP contribution in [-0.2, 0) is 12.8 Å². The van der Waals surface area contributed by atoms with Crippen LogP contribution < -0.4 is 0 Å². The molecule has 0 radical (unpaired) electrons. The van der Waals surface area contributed by atoms with Gasteiger partial charge in [0.25, 0.3) is 0 Å². The van der Waals surface area contributed by atoms with E-state index in [2.05, 4.69) is 67.5 Å². The van der Waals surface area contributed by atoms with Gasteiger partial charge in [0.15, 0.2) is 0 Å². The fourth-order valence-corrected chi connectivity index (χ4v) is 3.70. The number of nitrogens with zero attached hydrogens (tertiary/aromatic N) is 1. The third kappa shape index (κ3) is 2.70.